The number of rotatable bonds is 5. The van der Waals surface area contributed by atoms with E-state index in [0.29, 0.717) is 19.3 Å². The van der Waals surface area contributed by atoms with E-state index in [1.54, 1.807) is 0 Å². The van der Waals surface area contributed by atoms with Crippen LogP contribution in [-0.4, -0.2) is 36.4 Å². The lowest BCUT2D eigenvalue weighted by Crippen LogP contribution is -2.30. The van der Waals surface area contributed by atoms with Crippen LogP contribution < -0.4 is 5.32 Å². The standard InChI is InChI=1S/C9H15NO3/c11-9(12)1-2-13-5-7-3-6-4-8(6)10-7/h6-8,10H,1-5H2,(H,11,12)/t6?,7-,8-/m0/s1. The average molecular weight is 185 g/mol. The molecule has 1 unspecified atom stereocenters. The van der Waals surface area contributed by atoms with Gasteiger partial charge < -0.3 is 15.2 Å². The van der Waals surface area contributed by atoms with Crippen LogP contribution in [0.3, 0.4) is 0 Å². The molecule has 2 rings (SSSR count). The molecule has 1 heterocycles. The van der Waals surface area contributed by atoms with Crippen molar-refractivity contribution in [2.75, 3.05) is 13.2 Å². The fraction of sp³-hybridized carbons (Fsp3) is 0.889. The summed E-state index contributed by atoms with van der Waals surface area (Å²) in [6.07, 6.45) is 2.64. The fourth-order valence-corrected chi connectivity index (χ4v) is 1.95. The van der Waals surface area contributed by atoms with E-state index in [2.05, 4.69) is 5.32 Å². The van der Waals surface area contributed by atoms with Gasteiger partial charge in [-0.15, -0.1) is 0 Å². The summed E-state index contributed by atoms with van der Waals surface area (Å²) >= 11 is 0. The number of hydrogen-bond acceptors (Lipinski definition) is 3. The molecule has 2 aliphatic rings. The Morgan fingerprint density at radius 2 is 2.38 bits per heavy atom. The summed E-state index contributed by atoms with van der Waals surface area (Å²) in [5, 5.41) is 11.8. The first kappa shape index (κ1) is 8.97. The number of aliphatic carboxylic acids is 1. The van der Waals surface area contributed by atoms with Crippen LogP contribution >= 0.6 is 0 Å². The van der Waals surface area contributed by atoms with Crippen LogP contribution in [0.4, 0.5) is 0 Å². The van der Waals surface area contributed by atoms with Gasteiger partial charge >= 0.3 is 5.97 Å². The van der Waals surface area contributed by atoms with Crippen LogP contribution in [0.15, 0.2) is 0 Å². The van der Waals surface area contributed by atoms with Gasteiger partial charge in [0.1, 0.15) is 0 Å². The van der Waals surface area contributed by atoms with E-state index in [4.69, 9.17) is 9.84 Å². The number of nitrogens with one attached hydrogen (secondary N) is 1. The molecule has 2 fully saturated rings. The average Bonchev–Trinajstić information content (AvgIpc) is 2.68. The Labute approximate surface area is 77.3 Å². The molecule has 0 aromatic heterocycles. The van der Waals surface area contributed by atoms with Gasteiger partial charge in [0.05, 0.1) is 19.6 Å². The van der Waals surface area contributed by atoms with Crippen LogP contribution in [0.5, 0.6) is 0 Å². The third-order valence-electron chi connectivity index (χ3n) is 2.74. The smallest absolute Gasteiger partial charge is 0.305 e. The van der Waals surface area contributed by atoms with Crippen LogP contribution in [0, 0.1) is 5.92 Å². The molecule has 3 atom stereocenters. The Balaban J connectivity index is 1.51. The zero-order valence-electron chi connectivity index (χ0n) is 7.53. The second-order valence-corrected chi connectivity index (χ2v) is 3.92. The lowest BCUT2D eigenvalue weighted by Gasteiger charge is -2.12. The molecule has 74 valence electrons. The fourth-order valence-electron chi connectivity index (χ4n) is 1.95. The largest absolute Gasteiger partial charge is 0.481 e. The van der Waals surface area contributed by atoms with Gasteiger partial charge in [-0.2, -0.15) is 0 Å². The van der Waals surface area contributed by atoms with E-state index in [-0.39, 0.29) is 6.42 Å². The molecule has 4 heteroatoms. The number of ether oxygens (including phenoxy) is 1. The zero-order valence-corrected chi connectivity index (χ0v) is 7.53. The van der Waals surface area contributed by atoms with Crippen molar-refractivity contribution in [2.45, 2.75) is 31.3 Å². The highest BCUT2D eigenvalue weighted by Gasteiger charge is 2.45. The van der Waals surface area contributed by atoms with Gasteiger partial charge in [0, 0.05) is 12.1 Å². The van der Waals surface area contributed by atoms with Crippen LogP contribution in [0.25, 0.3) is 0 Å². The van der Waals surface area contributed by atoms with E-state index < -0.39 is 5.97 Å². The minimum absolute atomic E-state index is 0.111. The number of carbonyl (C=O) groups is 1. The third-order valence-corrected chi connectivity index (χ3v) is 2.74. The Kier molecular flexibility index (Phi) is 2.51. The highest BCUT2D eigenvalue weighted by Crippen LogP contribution is 2.40. The molecule has 4 nitrogen and oxygen atoms in total. The first-order chi connectivity index (χ1) is 6.25. The highest BCUT2D eigenvalue weighted by molar-refractivity contribution is 5.66. The van der Waals surface area contributed by atoms with E-state index in [1.165, 1.54) is 12.8 Å². The molecule has 1 saturated carbocycles. The molecule has 2 N–H and O–H groups in total. The quantitative estimate of drug-likeness (QED) is 0.602. The summed E-state index contributed by atoms with van der Waals surface area (Å²) in [5.41, 5.74) is 0. The number of piperidine rings is 1. The molecule has 0 aromatic carbocycles. The van der Waals surface area contributed by atoms with Crippen LogP contribution in [0.2, 0.25) is 0 Å². The Morgan fingerprint density at radius 1 is 1.54 bits per heavy atom. The van der Waals surface area contributed by atoms with E-state index in [1.807, 2.05) is 0 Å². The van der Waals surface area contributed by atoms with Crippen LogP contribution in [-0.2, 0) is 9.53 Å². The van der Waals surface area contributed by atoms with Gasteiger partial charge in [0.2, 0.25) is 0 Å². The lowest BCUT2D eigenvalue weighted by molar-refractivity contribution is -0.138. The third kappa shape index (κ3) is 2.42. The van der Waals surface area contributed by atoms with Crippen molar-refractivity contribution in [3.05, 3.63) is 0 Å². The summed E-state index contributed by atoms with van der Waals surface area (Å²) in [6.45, 7) is 1.00. The summed E-state index contributed by atoms with van der Waals surface area (Å²) in [5.74, 6) is 0.0929. The molecule has 0 amide bonds. The number of carboxylic acid groups (broad SMARTS) is 1. The molecule has 0 bridgehead atoms. The number of fused-ring (bicyclic) bond motifs is 1. The minimum atomic E-state index is -0.790. The SMILES string of the molecule is O=C(O)CCOC[C@@H]1CC2C[C@@H]2N1. The zero-order chi connectivity index (χ0) is 9.26. The minimum Gasteiger partial charge on any atom is -0.481 e. The van der Waals surface area contributed by atoms with Crippen molar-refractivity contribution in [1.29, 1.82) is 0 Å². The van der Waals surface area contributed by atoms with Crippen molar-refractivity contribution in [1.82, 2.24) is 5.32 Å². The lowest BCUT2D eigenvalue weighted by atomic mass is 10.2. The second-order valence-electron chi connectivity index (χ2n) is 3.92. The Hall–Kier alpha value is -0.610. The molecule has 0 radical (unpaired) electrons. The van der Waals surface area contributed by atoms with Crippen molar-refractivity contribution >= 4 is 5.97 Å². The highest BCUT2D eigenvalue weighted by atomic mass is 16.5. The summed E-state index contributed by atoms with van der Waals surface area (Å²) in [7, 11) is 0. The Morgan fingerprint density at radius 3 is 3.00 bits per heavy atom. The Bertz CT molecular complexity index is 197. The summed E-state index contributed by atoms with van der Waals surface area (Å²) in [4.78, 5) is 10.2. The molecule has 1 aliphatic carbocycles. The normalized spacial score (nSPS) is 35.8. The van der Waals surface area contributed by atoms with Gasteiger partial charge in [-0.3, -0.25) is 4.79 Å². The molecular formula is C9H15NO3. The number of hydrogen-bond donors (Lipinski definition) is 2. The summed E-state index contributed by atoms with van der Waals surface area (Å²) < 4.78 is 5.25. The van der Waals surface area contributed by atoms with Crippen molar-refractivity contribution in [3.8, 4) is 0 Å². The molecule has 0 spiro atoms. The maximum atomic E-state index is 10.2. The first-order valence-corrected chi connectivity index (χ1v) is 4.81. The maximum Gasteiger partial charge on any atom is 0.305 e. The maximum absolute atomic E-state index is 10.2. The second kappa shape index (κ2) is 3.64. The topological polar surface area (TPSA) is 58.6 Å². The van der Waals surface area contributed by atoms with Gasteiger partial charge in [0.15, 0.2) is 0 Å². The van der Waals surface area contributed by atoms with Crippen molar-refractivity contribution < 1.29 is 14.6 Å². The molecule has 1 saturated heterocycles. The molecule has 13 heavy (non-hydrogen) atoms. The molecular weight excluding hydrogens is 170 g/mol. The summed E-state index contributed by atoms with van der Waals surface area (Å²) in [6, 6.07) is 1.21. The van der Waals surface area contributed by atoms with Gasteiger partial charge in [-0.05, 0) is 18.8 Å². The van der Waals surface area contributed by atoms with Gasteiger partial charge in [-0.1, -0.05) is 0 Å². The predicted molar refractivity (Wildman–Crippen MR) is 46.5 cm³/mol. The van der Waals surface area contributed by atoms with E-state index in [0.717, 1.165) is 12.0 Å². The van der Waals surface area contributed by atoms with E-state index in [9.17, 15) is 4.79 Å². The van der Waals surface area contributed by atoms with E-state index >= 15 is 0 Å². The first-order valence-electron chi connectivity index (χ1n) is 4.81. The predicted octanol–water partition coefficient (Wildman–Crippen LogP) is 0.228. The molecule has 1 aliphatic heterocycles. The van der Waals surface area contributed by atoms with Gasteiger partial charge in [0.25, 0.3) is 0 Å². The number of carboxylic acids is 1. The molecule has 0 aromatic rings. The van der Waals surface area contributed by atoms with Crippen molar-refractivity contribution in [3.63, 3.8) is 0 Å². The monoisotopic (exact) mass is 185 g/mol. The van der Waals surface area contributed by atoms with Crippen LogP contribution in [0.1, 0.15) is 19.3 Å². The van der Waals surface area contributed by atoms with Gasteiger partial charge in [-0.25, -0.2) is 0 Å². The van der Waals surface area contributed by atoms with Crippen molar-refractivity contribution in [2.24, 2.45) is 5.92 Å².